The molecule has 0 aromatic heterocycles. The summed E-state index contributed by atoms with van der Waals surface area (Å²) in [6.45, 7) is 2.91. The topological polar surface area (TPSA) is 78.9 Å². The summed E-state index contributed by atoms with van der Waals surface area (Å²) in [7, 11) is 0. The van der Waals surface area contributed by atoms with Gasteiger partial charge in [-0.05, 0) is 32.6 Å². The van der Waals surface area contributed by atoms with Gasteiger partial charge in [0.2, 0.25) is 0 Å². The van der Waals surface area contributed by atoms with Crippen LogP contribution in [0.4, 0.5) is 17.6 Å². The van der Waals surface area contributed by atoms with E-state index >= 15 is 0 Å². The minimum atomic E-state index is -3.72. The predicted molar refractivity (Wildman–Crippen MR) is 100 cm³/mol. The molecule has 176 valence electrons. The fourth-order valence-corrected chi connectivity index (χ4v) is 3.81. The summed E-state index contributed by atoms with van der Waals surface area (Å²) in [5.74, 6) is -14.3. The molecule has 2 aliphatic rings. The molecule has 0 amide bonds. The van der Waals surface area contributed by atoms with Crippen molar-refractivity contribution in [3.8, 4) is 0 Å². The third-order valence-electron chi connectivity index (χ3n) is 5.70. The summed E-state index contributed by atoms with van der Waals surface area (Å²) < 4.78 is 71.0. The average molecular weight is 452 g/mol. The fraction of sp³-hybridized carbons (Fsp3) is 0.762. The third-order valence-corrected chi connectivity index (χ3v) is 5.70. The normalized spacial score (nSPS) is 18.3. The van der Waals surface area contributed by atoms with Crippen molar-refractivity contribution in [3.63, 3.8) is 0 Å². The van der Waals surface area contributed by atoms with Gasteiger partial charge in [0.05, 0.1) is 0 Å². The Labute approximate surface area is 178 Å². The number of hydrogen-bond donors (Lipinski definition) is 0. The zero-order valence-electron chi connectivity index (χ0n) is 17.5. The van der Waals surface area contributed by atoms with Crippen molar-refractivity contribution in [2.75, 3.05) is 13.2 Å². The van der Waals surface area contributed by atoms with E-state index in [1.807, 2.05) is 0 Å². The van der Waals surface area contributed by atoms with Gasteiger partial charge in [-0.25, -0.2) is 14.4 Å². The molecule has 0 bridgehead atoms. The van der Waals surface area contributed by atoms with E-state index in [-0.39, 0.29) is 31.3 Å². The Balaban J connectivity index is 1.96. The maximum atomic E-state index is 14.2. The van der Waals surface area contributed by atoms with Gasteiger partial charge in [0.15, 0.2) is 6.10 Å². The van der Waals surface area contributed by atoms with Gasteiger partial charge in [0.1, 0.15) is 13.2 Å². The molecule has 10 heteroatoms. The Kier molecular flexibility index (Phi) is 8.48. The van der Waals surface area contributed by atoms with Crippen LogP contribution in [0.2, 0.25) is 0 Å². The number of halogens is 4. The van der Waals surface area contributed by atoms with Crippen LogP contribution < -0.4 is 0 Å². The van der Waals surface area contributed by atoms with Crippen LogP contribution in [0.25, 0.3) is 0 Å². The van der Waals surface area contributed by atoms with E-state index in [4.69, 9.17) is 4.74 Å². The van der Waals surface area contributed by atoms with Crippen molar-refractivity contribution in [1.29, 1.82) is 0 Å². The van der Waals surface area contributed by atoms with Crippen molar-refractivity contribution in [1.82, 2.24) is 0 Å². The number of carbonyl (C=O) groups excluding carboxylic acids is 3. The lowest BCUT2D eigenvalue weighted by atomic mass is 10.00. The minimum absolute atomic E-state index is 0.0600. The van der Waals surface area contributed by atoms with E-state index in [1.54, 1.807) is 0 Å². The van der Waals surface area contributed by atoms with Gasteiger partial charge in [-0.1, -0.05) is 32.3 Å². The molecule has 0 saturated heterocycles. The highest BCUT2D eigenvalue weighted by molar-refractivity contribution is 5.87. The Hall–Kier alpha value is -2.13. The molecule has 0 atom stereocenters. The first-order valence-electron chi connectivity index (χ1n) is 10.4. The molecule has 0 aromatic rings. The molecule has 31 heavy (non-hydrogen) atoms. The second-order valence-electron chi connectivity index (χ2n) is 8.21. The van der Waals surface area contributed by atoms with Crippen molar-refractivity contribution in [2.45, 2.75) is 76.2 Å². The maximum Gasteiger partial charge on any atom is 0.377 e. The fourth-order valence-electron chi connectivity index (χ4n) is 3.81. The molecule has 0 N–H and O–H groups in total. The first-order chi connectivity index (χ1) is 14.5. The molecule has 0 aliphatic heterocycles. The van der Waals surface area contributed by atoms with Crippen molar-refractivity contribution >= 4 is 17.9 Å². The number of ether oxygens (including phenoxy) is 3. The summed E-state index contributed by atoms with van der Waals surface area (Å²) in [6.07, 6.45) is 1.53. The van der Waals surface area contributed by atoms with Gasteiger partial charge in [-0.3, -0.25) is 0 Å². The largest absolute Gasteiger partial charge is 0.457 e. The van der Waals surface area contributed by atoms with Crippen LogP contribution in [-0.4, -0.2) is 49.1 Å². The van der Waals surface area contributed by atoms with Gasteiger partial charge >= 0.3 is 29.8 Å². The molecule has 2 aliphatic carbocycles. The van der Waals surface area contributed by atoms with E-state index in [0.717, 1.165) is 0 Å². The van der Waals surface area contributed by atoms with Gasteiger partial charge in [0, 0.05) is 17.4 Å². The van der Waals surface area contributed by atoms with Crippen LogP contribution in [0.5, 0.6) is 0 Å². The van der Waals surface area contributed by atoms with Crippen LogP contribution in [0.3, 0.4) is 0 Å². The Morgan fingerprint density at radius 1 is 0.839 bits per heavy atom. The highest BCUT2D eigenvalue weighted by atomic mass is 19.3. The lowest BCUT2D eigenvalue weighted by Crippen LogP contribution is -2.42. The highest BCUT2D eigenvalue weighted by Gasteiger charge is 2.51. The third kappa shape index (κ3) is 6.43. The van der Waals surface area contributed by atoms with Crippen molar-refractivity contribution in [2.24, 2.45) is 11.8 Å². The van der Waals surface area contributed by atoms with Crippen LogP contribution >= 0.6 is 0 Å². The second kappa shape index (κ2) is 10.5. The quantitative estimate of drug-likeness (QED) is 0.214. The van der Waals surface area contributed by atoms with Gasteiger partial charge in [-0.15, -0.1) is 0 Å². The smallest absolute Gasteiger partial charge is 0.377 e. The second-order valence-corrected chi connectivity index (χ2v) is 8.21. The van der Waals surface area contributed by atoms with E-state index in [1.165, 1.54) is 6.92 Å². The lowest BCUT2D eigenvalue weighted by molar-refractivity contribution is -0.192. The number of hydrogen-bond acceptors (Lipinski definition) is 6. The predicted octanol–water partition coefficient (Wildman–Crippen LogP) is 4.21. The van der Waals surface area contributed by atoms with Crippen LogP contribution in [-0.2, 0) is 28.6 Å². The average Bonchev–Trinajstić information content (AvgIpc) is 3.43. The zero-order valence-corrected chi connectivity index (χ0v) is 17.5. The molecule has 0 unspecified atom stereocenters. The van der Waals surface area contributed by atoms with E-state index in [0.29, 0.717) is 25.7 Å². The maximum absolute atomic E-state index is 14.2. The Bertz CT molecular complexity index is 637. The standard InChI is InChI=1S/C21H28F4O6/c1-13(2)17(26)31-16(11-29-18(27)20(22,23)14-7-3-4-8-14)12-30-19(28)21(24,25)15-9-5-6-10-15/h14-16H,1,3-12H2,2H3. The summed E-state index contributed by atoms with van der Waals surface area (Å²) in [6, 6.07) is 0. The number of esters is 3. The van der Waals surface area contributed by atoms with Gasteiger partial charge in [-0.2, -0.15) is 17.6 Å². The number of alkyl halides is 4. The molecular formula is C21H28F4O6. The summed E-state index contributed by atoms with van der Waals surface area (Å²) >= 11 is 0. The zero-order chi connectivity index (χ0) is 23.2. The number of carbonyl (C=O) groups is 3. The van der Waals surface area contributed by atoms with Crippen LogP contribution in [0.15, 0.2) is 12.2 Å². The molecule has 0 heterocycles. The molecule has 0 spiro atoms. The van der Waals surface area contributed by atoms with Crippen molar-refractivity contribution < 1.29 is 46.2 Å². The summed E-state index contributed by atoms with van der Waals surface area (Å²) in [4.78, 5) is 35.5. The minimum Gasteiger partial charge on any atom is -0.457 e. The van der Waals surface area contributed by atoms with Crippen molar-refractivity contribution in [3.05, 3.63) is 12.2 Å². The number of rotatable bonds is 10. The molecular weight excluding hydrogens is 424 g/mol. The highest BCUT2D eigenvalue weighted by Crippen LogP contribution is 2.39. The first kappa shape index (κ1) is 25.1. The summed E-state index contributed by atoms with van der Waals surface area (Å²) in [5, 5.41) is 0. The van der Waals surface area contributed by atoms with Gasteiger partial charge in [0.25, 0.3) is 0 Å². The van der Waals surface area contributed by atoms with Crippen LogP contribution in [0.1, 0.15) is 58.3 Å². The molecule has 0 radical (unpaired) electrons. The van der Waals surface area contributed by atoms with E-state index in [9.17, 15) is 31.9 Å². The SMILES string of the molecule is C=C(C)C(=O)OC(COC(=O)C(F)(F)C1CCCC1)COC(=O)C(F)(F)C1CCCC1. The van der Waals surface area contributed by atoms with Crippen LogP contribution in [0, 0.1) is 11.8 Å². The molecule has 2 rings (SSSR count). The molecule has 0 aromatic carbocycles. The Morgan fingerprint density at radius 2 is 1.19 bits per heavy atom. The molecule has 6 nitrogen and oxygen atoms in total. The van der Waals surface area contributed by atoms with E-state index in [2.05, 4.69) is 16.1 Å². The summed E-state index contributed by atoms with van der Waals surface area (Å²) in [5.41, 5.74) is -0.0600. The van der Waals surface area contributed by atoms with E-state index < -0.39 is 60.9 Å². The monoisotopic (exact) mass is 452 g/mol. The molecule has 2 saturated carbocycles. The lowest BCUT2D eigenvalue weighted by Gasteiger charge is -2.24. The Morgan fingerprint density at radius 3 is 1.52 bits per heavy atom. The molecule has 2 fully saturated rings. The van der Waals surface area contributed by atoms with Gasteiger partial charge < -0.3 is 14.2 Å². The first-order valence-corrected chi connectivity index (χ1v) is 10.4.